The summed E-state index contributed by atoms with van der Waals surface area (Å²) in [5, 5.41) is 36.6. The van der Waals surface area contributed by atoms with E-state index in [4.69, 9.17) is 40.1 Å². The lowest BCUT2D eigenvalue weighted by atomic mass is 9.98. The average molecular weight is 1720 g/mol. The summed E-state index contributed by atoms with van der Waals surface area (Å²) >= 11 is 0. The van der Waals surface area contributed by atoms with Crippen molar-refractivity contribution in [2.24, 2.45) is 81.6 Å². The molecule has 1 saturated heterocycles. The molecule has 0 aliphatic carbocycles. The van der Waals surface area contributed by atoms with Crippen LogP contribution >= 0.6 is 0 Å². The predicted molar refractivity (Wildman–Crippen MR) is 468 cm³/mol. The van der Waals surface area contributed by atoms with Gasteiger partial charge in [-0.25, -0.2) is 0 Å². The first-order valence-corrected chi connectivity index (χ1v) is 44.8. The lowest BCUT2D eigenvalue weighted by Gasteiger charge is -2.32. The Morgan fingerprint density at radius 2 is 0.455 bits per heavy atom. The Labute approximate surface area is 720 Å². The molecule has 0 aromatic heterocycles. The number of hydrogen-bond acceptors (Lipinski definition) is 21. The number of amides is 15. The van der Waals surface area contributed by atoms with Gasteiger partial charge in [0, 0.05) is 13.5 Å². The quantitative estimate of drug-likeness (QED) is 0.0376. The van der Waals surface area contributed by atoms with Crippen LogP contribution in [0, 0.1) is 41.4 Å². The highest BCUT2D eigenvalue weighted by Crippen LogP contribution is 2.23. The Balaban J connectivity index is 3.75. The van der Waals surface area contributed by atoms with Crippen molar-refractivity contribution in [3.05, 3.63) is 0 Å². The maximum absolute atomic E-state index is 14.9. The van der Waals surface area contributed by atoms with Crippen molar-refractivity contribution in [3.63, 3.8) is 0 Å². The first kappa shape index (κ1) is 111. The number of nitrogens with zero attached hydrogens (tertiary/aromatic N) is 1. The molecule has 36 heteroatoms. The standard InChI is InChI=1S/C85H161N21O15/c1-50(2)43-64(103-82(118)68(47-54(9)10)101-76(112)62(33-20-26-40-90)97-79(115)65(44-51(3)4)102-81(117)67(46-53(7)8)99-73(109)59(93-57(15)107)30-17-23-37-87)78(114)96-60(31-18-24-38-88)74(110)95-61(32-19-25-39-89)75(111)100-69(48-55(11)12)83(119)104-66(45-52(5)6)80(116)98-63(34-21-27-41-91)85(121)106-42-28-35-71(106)84(120)105-70(49-56(13)14)77(113)94-58(72(92)108)29-16-22-36-86/h50-56,58-71H,16-49,86-91H2,1-15H3,(H2,92,108)(H,93,107)(H,94,113)(H,95,110)(H,96,114)(H,97,115)(H,98,116)(H,99,109)(H,100,111)(H,101,112)(H,102,117)(H,103,118)(H,104,119)(H,105,120)/t58-,59-,60-,61-,62-,63-,64-,65-,66-,67-,68-,69-,70-,71-/m0/s1. The second-order valence-corrected chi connectivity index (χ2v) is 35.7. The van der Waals surface area contributed by atoms with Gasteiger partial charge in [-0.1, -0.05) is 96.9 Å². The SMILES string of the molecule is CC(=O)N[C@@H](CCCCN)C(=O)N[C@@H](CC(C)C)C(=O)N[C@@H](CC(C)C)C(=O)N[C@@H](CCCCN)C(=O)N[C@@H](CC(C)C)C(=O)N[C@@H](CC(C)C)C(=O)N[C@@H](CCCCN)C(=O)N[C@@H](CCCCN)C(=O)N[C@@H](CC(C)C)C(=O)N[C@@H](CC(C)C)C(=O)N[C@@H](CCCCN)C(=O)N1CCC[C@H]1C(=O)N[C@@H](CC(C)C)C(=O)N[C@@H](CCCCN)C(N)=O. The summed E-state index contributed by atoms with van der Waals surface area (Å²) in [6.45, 7) is 29.1. The first-order chi connectivity index (χ1) is 57.1. The molecule has 36 nitrogen and oxygen atoms in total. The lowest BCUT2D eigenvalue weighted by molar-refractivity contribution is -0.143. The topological polar surface area (TPSA) is 598 Å². The van der Waals surface area contributed by atoms with E-state index in [2.05, 4.69) is 69.1 Å². The zero-order chi connectivity index (χ0) is 91.6. The maximum atomic E-state index is 14.9. The van der Waals surface area contributed by atoms with Crippen molar-refractivity contribution in [3.8, 4) is 0 Å². The highest BCUT2D eigenvalue weighted by atomic mass is 16.2. The van der Waals surface area contributed by atoms with E-state index in [1.54, 1.807) is 0 Å². The van der Waals surface area contributed by atoms with E-state index < -0.39 is 173 Å². The zero-order valence-corrected chi connectivity index (χ0v) is 75.8. The zero-order valence-electron chi connectivity index (χ0n) is 75.8. The van der Waals surface area contributed by atoms with Gasteiger partial charge in [0.15, 0.2) is 0 Å². The van der Waals surface area contributed by atoms with E-state index in [-0.39, 0.29) is 164 Å². The van der Waals surface area contributed by atoms with Gasteiger partial charge < -0.3 is 114 Å². The van der Waals surface area contributed by atoms with Crippen LogP contribution < -0.4 is 109 Å². The van der Waals surface area contributed by atoms with Crippen LogP contribution in [0.15, 0.2) is 0 Å². The van der Waals surface area contributed by atoms with Gasteiger partial charge in [-0.15, -0.1) is 0 Å². The highest BCUT2D eigenvalue weighted by Gasteiger charge is 2.42. The first-order valence-electron chi connectivity index (χ1n) is 44.8. The van der Waals surface area contributed by atoms with E-state index in [9.17, 15) is 71.9 Å². The van der Waals surface area contributed by atoms with Crippen LogP contribution in [0.2, 0.25) is 0 Å². The number of nitrogens with two attached hydrogens (primary N) is 7. The van der Waals surface area contributed by atoms with Crippen LogP contribution in [-0.4, -0.2) is 224 Å². The summed E-state index contributed by atoms with van der Waals surface area (Å²) in [7, 11) is 0. The van der Waals surface area contributed by atoms with Gasteiger partial charge in [0.1, 0.15) is 84.6 Å². The molecule has 121 heavy (non-hydrogen) atoms. The smallest absolute Gasteiger partial charge is 0.245 e. The van der Waals surface area contributed by atoms with Gasteiger partial charge in [0.2, 0.25) is 88.6 Å². The number of nitrogens with one attached hydrogen (secondary N) is 13. The van der Waals surface area contributed by atoms with E-state index in [0.29, 0.717) is 96.6 Å². The molecule has 27 N–H and O–H groups in total. The second kappa shape index (κ2) is 61.2. The third kappa shape index (κ3) is 45.7. The van der Waals surface area contributed by atoms with Gasteiger partial charge in [0.05, 0.1) is 0 Å². The van der Waals surface area contributed by atoms with Gasteiger partial charge in [0.25, 0.3) is 0 Å². The molecule has 1 fully saturated rings. The van der Waals surface area contributed by atoms with E-state index in [0.717, 1.165) is 0 Å². The monoisotopic (exact) mass is 1720 g/mol. The molecule has 14 atom stereocenters. The molecule has 1 rings (SSSR count). The number of rotatable bonds is 65. The van der Waals surface area contributed by atoms with Crippen molar-refractivity contribution in [1.82, 2.24) is 74.0 Å². The third-order valence-electron chi connectivity index (χ3n) is 20.8. The molecule has 0 radical (unpaired) electrons. The summed E-state index contributed by atoms with van der Waals surface area (Å²) in [4.78, 5) is 215. The number of carbonyl (C=O) groups excluding carboxylic acids is 15. The summed E-state index contributed by atoms with van der Waals surface area (Å²) in [5.74, 6) is -11.3. The summed E-state index contributed by atoms with van der Waals surface area (Å²) in [6, 6.07) is -16.5. The summed E-state index contributed by atoms with van der Waals surface area (Å²) in [6.07, 6.45) is 7.83. The van der Waals surface area contributed by atoms with Crippen molar-refractivity contribution in [2.75, 3.05) is 45.8 Å². The van der Waals surface area contributed by atoms with Crippen LogP contribution in [-0.2, 0) is 71.9 Å². The number of hydrogen-bond donors (Lipinski definition) is 20. The molecule has 0 spiro atoms. The lowest BCUT2D eigenvalue weighted by Crippen LogP contribution is -2.61. The van der Waals surface area contributed by atoms with Gasteiger partial charge in [-0.2, -0.15) is 0 Å². The minimum absolute atomic E-state index is 0.0344. The third-order valence-corrected chi connectivity index (χ3v) is 20.8. The molecule has 0 saturated carbocycles. The highest BCUT2D eigenvalue weighted by molar-refractivity contribution is 6.00. The Morgan fingerprint density at radius 1 is 0.264 bits per heavy atom. The Bertz CT molecular complexity index is 3180. The molecule has 0 unspecified atom stereocenters. The fourth-order valence-electron chi connectivity index (χ4n) is 14.5. The van der Waals surface area contributed by atoms with Gasteiger partial charge in [-0.3, -0.25) is 71.9 Å². The fraction of sp³-hybridized carbons (Fsp3) is 0.824. The number of unbranched alkanes of at least 4 members (excludes halogenated alkanes) is 6. The van der Waals surface area contributed by atoms with E-state index >= 15 is 0 Å². The van der Waals surface area contributed by atoms with Crippen LogP contribution in [0.5, 0.6) is 0 Å². The van der Waals surface area contributed by atoms with Crippen LogP contribution in [0.3, 0.4) is 0 Å². The average Bonchev–Trinajstić information content (AvgIpc) is 1.65. The van der Waals surface area contributed by atoms with Crippen molar-refractivity contribution in [1.29, 1.82) is 0 Å². The normalized spacial score (nSPS) is 16.1. The van der Waals surface area contributed by atoms with Gasteiger partial charge in [-0.05, 0) is 254 Å². The molecule has 1 heterocycles. The van der Waals surface area contributed by atoms with Crippen molar-refractivity contribution in [2.45, 2.75) is 362 Å². The molecular formula is C85H161N21O15. The summed E-state index contributed by atoms with van der Waals surface area (Å²) < 4.78 is 0. The van der Waals surface area contributed by atoms with Crippen molar-refractivity contribution >= 4 is 88.6 Å². The molecule has 15 amide bonds. The maximum Gasteiger partial charge on any atom is 0.245 e. The Kier molecular flexibility index (Phi) is 56.0. The molecule has 696 valence electrons. The predicted octanol–water partition coefficient (Wildman–Crippen LogP) is 0.882. The molecule has 0 bridgehead atoms. The van der Waals surface area contributed by atoms with Crippen LogP contribution in [0.25, 0.3) is 0 Å². The van der Waals surface area contributed by atoms with Crippen LogP contribution in [0.4, 0.5) is 0 Å². The molecule has 0 aromatic rings. The largest absolute Gasteiger partial charge is 0.368 e. The second-order valence-electron chi connectivity index (χ2n) is 35.7. The minimum atomic E-state index is -1.31. The minimum Gasteiger partial charge on any atom is -0.368 e. The molecule has 0 aromatic carbocycles. The fourth-order valence-corrected chi connectivity index (χ4v) is 14.5. The van der Waals surface area contributed by atoms with Crippen molar-refractivity contribution < 1.29 is 71.9 Å². The summed E-state index contributed by atoms with van der Waals surface area (Å²) in [5.41, 5.74) is 40.7. The number of primary amides is 1. The van der Waals surface area contributed by atoms with E-state index in [1.165, 1.54) is 11.8 Å². The number of carbonyl (C=O) groups is 15. The van der Waals surface area contributed by atoms with Crippen LogP contribution in [0.1, 0.15) is 277 Å². The molecule has 1 aliphatic rings. The number of likely N-dealkylation sites (tertiary alicyclic amines) is 1. The van der Waals surface area contributed by atoms with E-state index in [1.807, 2.05) is 96.9 Å². The Hall–Kier alpha value is -8.19. The molecule has 1 aliphatic heterocycles. The van der Waals surface area contributed by atoms with Gasteiger partial charge >= 0.3 is 0 Å². The Morgan fingerprint density at radius 3 is 0.678 bits per heavy atom. The molecular weight excluding hydrogens is 1560 g/mol.